The van der Waals surface area contributed by atoms with Crippen molar-refractivity contribution in [3.05, 3.63) is 29.5 Å². The largest absolute Gasteiger partial charge is 0.354 e. The van der Waals surface area contributed by atoms with E-state index in [1.807, 2.05) is 37.4 Å². The summed E-state index contributed by atoms with van der Waals surface area (Å²) in [5.41, 5.74) is 0.913. The van der Waals surface area contributed by atoms with E-state index in [4.69, 9.17) is 11.6 Å². The van der Waals surface area contributed by atoms with Crippen molar-refractivity contribution in [2.45, 2.75) is 11.8 Å². The van der Waals surface area contributed by atoms with Gasteiger partial charge in [-0.05, 0) is 43.0 Å². The normalized spacial score (nSPS) is 10.3. The second-order valence-corrected chi connectivity index (χ2v) is 4.86. The smallest absolute Gasteiger partial charge is 0.233 e. The van der Waals surface area contributed by atoms with Crippen LogP contribution in [0.25, 0.3) is 0 Å². The van der Waals surface area contributed by atoms with Gasteiger partial charge in [-0.15, -0.1) is 11.8 Å². The summed E-state index contributed by atoms with van der Waals surface area (Å²) in [6.45, 7) is 2.69. The van der Waals surface area contributed by atoms with Gasteiger partial charge in [0.05, 0.1) is 0 Å². The average Bonchev–Trinajstić information content (AvgIpc) is 2.38. The fourth-order valence-corrected chi connectivity index (χ4v) is 2.09. The average molecular weight is 296 g/mol. The highest BCUT2D eigenvalue weighted by molar-refractivity contribution is 7.98. The van der Waals surface area contributed by atoms with Crippen LogP contribution in [0.15, 0.2) is 29.2 Å². The Morgan fingerprint density at radius 2 is 2.00 bits per heavy atom. The van der Waals surface area contributed by atoms with Gasteiger partial charge in [0.15, 0.2) is 0 Å². The topological polar surface area (TPSA) is 62.7 Å². The van der Waals surface area contributed by atoms with Crippen LogP contribution in [0.4, 0.5) is 17.6 Å². The Hall–Kier alpha value is -1.53. The Morgan fingerprint density at radius 1 is 1.21 bits per heavy atom. The lowest BCUT2D eigenvalue weighted by atomic mass is 10.3. The minimum atomic E-state index is 0.162. The number of benzene rings is 1. The summed E-state index contributed by atoms with van der Waals surface area (Å²) < 4.78 is 0. The first kappa shape index (κ1) is 13.9. The first-order valence-corrected chi connectivity index (χ1v) is 7.38. The van der Waals surface area contributed by atoms with E-state index in [1.54, 1.807) is 11.8 Å². The first-order valence-electron chi connectivity index (χ1n) is 5.78. The molecule has 7 heteroatoms. The number of anilines is 3. The molecule has 0 radical (unpaired) electrons. The second kappa shape index (κ2) is 6.58. The van der Waals surface area contributed by atoms with E-state index in [2.05, 4.69) is 25.6 Å². The van der Waals surface area contributed by atoms with Crippen LogP contribution >= 0.6 is 23.4 Å². The molecule has 1 heterocycles. The highest BCUT2D eigenvalue weighted by atomic mass is 35.5. The van der Waals surface area contributed by atoms with Crippen molar-refractivity contribution in [3.63, 3.8) is 0 Å². The minimum Gasteiger partial charge on any atom is -0.354 e. The van der Waals surface area contributed by atoms with Crippen molar-refractivity contribution in [1.82, 2.24) is 15.0 Å². The molecule has 0 bridgehead atoms. The number of halogens is 1. The Labute approximate surface area is 121 Å². The molecular weight excluding hydrogens is 282 g/mol. The molecule has 2 N–H and O–H groups in total. The van der Waals surface area contributed by atoms with Gasteiger partial charge in [0.1, 0.15) is 0 Å². The van der Waals surface area contributed by atoms with Crippen LogP contribution in [-0.2, 0) is 0 Å². The molecule has 1 aromatic heterocycles. The SMILES string of the molecule is CCNc1nc(Cl)nc(Nc2cccc(SC)c2)n1. The molecule has 0 atom stereocenters. The van der Waals surface area contributed by atoms with E-state index in [0.29, 0.717) is 11.9 Å². The highest BCUT2D eigenvalue weighted by Gasteiger charge is 2.05. The van der Waals surface area contributed by atoms with Gasteiger partial charge in [-0.3, -0.25) is 0 Å². The summed E-state index contributed by atoms with van der Waals surface area (Å²) in [4.78, 5) is 13.4. The Bertz CT molecular complexity index is 564. The predicted molar refractivity (Wildman–Crippen MR) is 80.5 cm³/mol. The maximum absolute atomic E-state index is 5.86. The Morgan fingerprint density at radius 3 is 2.74 bits per heavy atom. The third-order valence-electron chi connectivity index (χ3n) is 2.27. The Balaban J connectivity index is 2.22. The molecule has 1 aromatic carbocycles. The molecule has 2 rings (SSSR count). The summed E-state index contributed by atoms with van der Waals surface area (Å²) in [6.07, 6.45) is 2.03. The molecular formula is C12H14ClN5S. The number of rotatable bonds is 5. The van der Waals surface area contributed by atoms with Gasteiger partial charge in [-0.2, -0.15) is 15.0 Å². The molecule has 100 valence electrons. The Kier molecular flexibility index (Phi) is 4.81. The van der Waals surface area contributed by atoms with Crippen molar-refractivity contribution >= 4 is 40.9 Å². The van der Waals surface area contributed by atoms with Gasteiger partial charge in [-0.25, -0.2) is 0 Å². The summed E-state index contributed by atoms with van der Waals surface area (Å²) in [5.74, 6) is 0.889. The predicted octanol–water partition coefficient (Wildman–Crippen LogP) is 3.42. The van der Waals surface area contributed by atoms with Gasteiger partial charge in [-0.1, -0.05) is 6.07 Å². The molecule has 2 aromatic rings. The monoisotopic (exact) mass is 295 g/mol. The molecule has 0 aliphatic carbocycles. The van der Waals surface area contributed by atoms with Crippen molar-refractivity contribution in [2.24, 2.45) is 0 Å². The molecule has 19 heavy (non-hydrogen) atoms. The van der Waals surface area contributed by atoms with E-state index in [1.165, 1.54) is 0 Å². The van der Waals surface area contributed by atoms with Crippen molar-refractivity contribution in [3.8, 4) is 0 Å². The van der Waals surface area contributed by atoms with Crippen LogP contribution in [-0.4, -0.2) is 27.8 Å². The standard InChI is InChI=1S/C12H14ClN5S/c1-3-14-11-16-10(13)17-12(18-11)15-8-5-4-6-9(7-8)19-2/h4-7H,3H2,1-2H3,(H2,14,15,16,17,18). The van der Waals surface area contributed by atoms with Gasteiger partial charge in [0.2, 0.25) is 17.2 Å². The number of hydrogen-bond donors (Lipinski definition) is 2. The summed E-state index contributed by atoms with van der Waals surface area (Å²) in [6, 6.07) is 7.99. The zero-order chi connectivity index (χ0) is 13.7. The van der Waals surface area contributed by atoms with E-state index in [0.717, 1.165) is 17.1 Å². The lowest BCUT2D eigenvalue weighted by Gasteiger charge is -2.08. The van der Waals surface area contributed by atoms with Crippen LogP contribution in [0.1, 0.15) is 6.92 Å². The molecule has 0 saturated carbocycles. The third-order valence-corrected chi connectivity index (χ3v) is 3.16. The van der Waals surface area contributed by atoms with Crippen LogP contribution in [0.5, 0.6) is 0 Å². The molecule has 0 unspecified atom stereocenters. The number of hydrogen-bond acceptors (Lipinski definition) is 6. The molecule has 0 amide bonds. The summed E-state index contributed by atoms with van der Waals surface area (Å²) in [7, 11) is 0. The van der Waals surface area contributed by atoms with Crippen LogP contribution in [0, 0.1) is 0 Å². The lowest BCUT2D eigenvalue weighted by molar-refractivity contribution is 1.02. The van der Waals surface area contributed by atoms with Gasteiger partial charge in [0, 0.05) is 17.1 Å². The first-order chi connectivity index (χ1) is 9.21. The van der Waals surface area contributed by atoms with Gasteiger partial charge in [0.25, 0.3) is 0 Å². The quantitative estimate of drug-likeness (QED) is 0.824. The third kappa shape index (κ3) is 3.97. The van der Waals surface area contributed by atoms with Gasteiger partial charge >= 0.3 is 0 Å². The van der Waals surface area contributed by atoms with Crippen molar-refractivity contribution in [2.75, 3.05) is 23.4 Å². The molecule has 0 fully saturated rings. The molecule has 0 saturated heterocycles. The minimum absolute atomic E-state index is 0.162. The molecule has 0 aliphatic rings. The van der Waals surface area contributed by atoms with E-state index < -0.39 is 0 Å². The highest BCUT2D eigenvalue weighted by Crippen LogP contribution is 2.21. The van der Waals surface area contributed by atoms with Gasteiger partial charge < -0.3 is 10.6 Å². The van der Waals surface area contributed by atoms with E-state index in [9.17, 15) is 0 Å². The van der Waals surface area contributed by atoms with Crippen LogP contribution in [0.2, 0.25) is 5.28 Å². The number of nitrogens with one attached hydrogen (secondary N) is 2. The fraction of sp³-hybridized carbons (Fsp3) is 0.250. The van der Waals surface area contributed by atoms with Crippen molar-refractivity contribution in [1.29, 1.82) is 0 Å². The van der Waals surface area contributed by atoms with E-state index in [-0.39, 0.29) is 5.28 Å². The van der Waals surface area contributed by atoms with Crippen molar-refractivity contribution < 1.29 is 0 Å². The number of thioether (sulfide) groups is 1. The number of nitrogens with zero attached hydrogens (tertiary/aromatic N) is 3. The molecule has 5 nitrogen and oxygen atoms in total. The zero-order valence-electron chi connectivity index (χ0n) is 10.6. The fourth-order valence-electron chi connectivity index (χ4n) is 1.47. The van der Waals surface area contributed by atoms with E-state index >= 15 is 0 Å². The second-order valence-electron chi connectivity index (χ2n) is 3.64. The summed E-state index contributed by atoms with van der Waals surface area (Å²) in [5, 5.41) is 6.29. The molecule has 0 spiro atoms. The van der Waals surface area contributed by atoms with Crippen LogP contribution in [0.3, 0.4) is 0 Å². The maximum atomic E-state index is 5.86. The zero-order valence-corrected chi connectivity index (χ0v) is 12.2. The summed E-state index contributed by atoms with van der Waals surface area (Å²) >= 11 is 7.54. The molecule has 0 aliphatic heterocycles. The number of aromatic nitrogens is 3. The van der Waals surface area contributed by atoms with Crippen LogP contribution < -0.4 is 10.6 Å². The lowest BCUT2D eigenvalue weighted by Crippen LogP contribution is -2.06. The maximum Gasteiger partial charge on any atom is 0.233 e.